The second kappa shape index (κ2) is 12.8. The van der Waals surface area contributed by atoms with Gasteiger partial charge in [0, 0.05) is 43.8 Å². The number of nitrogens with zero attached hydrogens (tertiary/aromatic N) is 6. The summed E-state index contributed by atoms with van der Waals surface area (Å²) in [4.78, 5) is 53.3. The Morgan fingerprint density at radius 2 is 1.73 bits per heavy atom. The normalized spacial score (nSPS) is 16.7. The van der Waals surface area contributed by atoms with Gasteiger partial charge >= 0.3 is 16.3 Å². The molecule has 2 fully saturated rings. The zero-order chi connectivity index (χ0) is 32.5. The molecule has 45 heavy (non-hydrogen) atoms. The number of hydrogen-bond acceptors (Lipinski definition) is 12. The predicted molar refractivity (Wildman–Crippen MR) is 168 cm³/mol. The summed E-state index contributed by atoms with van der Waals surface area (Å²) in [5.41, 5.74) is 0.986. The minimum absolute atomic E-state index is 0.0214. The van der Waals surface area contributed by atoms with Gasteiger partial charge in [0.2, 0.25) is 12.7 Å². The van der Waals surface area contributed by atoms with Crippen molar-refractivity contribution in [3.05, 3.63) is 46.0 Å². The average Bonchev–Trinajstić information content (AvgIpc) is 3.51. The Morgan fingerprint density at radius 1 is 1.04 bits per heavy atom. The van der Waals surface area contributed by atoms with E-state index in [0.717, 1.165) is 31.4 Å². The van der Waals surface area contributed by atoms with E-state index in [9.17, 15) is 22.8 Å². The molecule has 1 aliphatic carbocycles. The van der Waals surface area contributed by atoms with Crippen molar-refractivity contribution in [2.75, 3.05) is 43.2 Å². The molecule has 1 saturated heterocycles. The Hall–Kier alpha value is -3.95. The summed E-state index contributed by atoms with van der Waals surface area (Å²) in [6.07, 6.45) is 7.05. The molecule has 0 aromatic carbocycles. The van der Waals surface area contributed by atoms with Crippen LogP contribution < -0.4 is 15.8 Å². The van der Waals surface area contributed by atoms with E-state index in [4.69, 9.17) is 13.9 Å². The standard InChI is InChI=1S/C30H39N7O7S/c1-19-23-17-32-29(34-26(23)37(21-8-6-7-9-21)27(39)25(19)20(2)38)33-24-11-10-22(16-31-24)35-12-14-36(15-13-35)45(41,42)44-18-43-28(40)30(3,4)5/h10-11,16-17,21H,6-9,12-15,18H2,1-5H3,(H,31,32,33,34). The van der Waals surface area contributed by atoms with Gasteiger partial charge in [0.15, 0.2) is 5.78 Å². The van der Waals surface area contributed by atoms with Crippen molar-refractivity contribution in [3.8, 4) is 0 Å². The minimum Gasteiger partial charge on any atom is -0.437 e. The third-order valence-corrected chi connectivity index (χ3v) is 9.55. The number of aryl methyl sites for hydroxylation is 1. The lowest BCUT2D eigenvalue weighted by atomic mass is 9.98. The van der Waals surface area contributed by atoms with Gasteiger partial charge < -0.3 is 15.0 Å². The predicted octanol–water partition coefficient (Wildman–Crippen LogP) is 3.49. The first-order valence-corrected chi connectivity index (χ1v) is 16.4. The highest BCUT2D eigenvalue weighted by atomic mass is 32.2. The number of fused-ring (bicyclic) bond motifs is 1. The molecule has 14 nitrogen and oxygen atoms in total. The molecule has 3 aromatic heterocycles. The van der Waals surface area contributed by atoms with Crippen molar-refractivity contribution in [2.24, 2.45) is 5.41 Å². The number of ether oxygens (including phenoxy) is 1. The molecular formula is C30H39N7O7S. The lowest BCUT2D eigenvalue weighted by molar-refractivity contribution is -0.159. The zero-order valence-corrected chi connectivity index (χ0v) is 27.0. The number of Topliss-reactive ketones (excluding diaryl/α,β-unsaturated/α-hetero) is 1. The largest absolute Gasteiger partial charge is 0.437 e. The number of ketones is 1. The van der Waals surface area contributed by atoms with Crippen LogP contribution >= 0.6 is 0 Å². The fraction of sp³-hybridized carbons (Fsp3) is 0.533. The Morgan fingerprint density at radius 3 is 2.33 bits per heavy atom. The molecule has 3 aromatic rings. The van der Waals surface area contributed by atoms with Gasteiger partial charge in [-0.15, -0.1) is 0 Å². The lowest BCUT2D eigenvalue weighted by Crippen LogP contribution is -2.49. The molecule has 0 bridgehead atoms. The Bertz CT molecular complexity index is 1750. The molecule has 4 heterocycles. The molecule has 1 N–H and O–H groups in total. The molecule has 15 heteroatoms. The van der Waals surface area contributed by atoms with Crippen LogP contribution in [0.15, 0.2) is 29.3 Å². The highest BCUT2D eigenvalue weighted by Crippen LogP contribution is 2.32. The number of aromatic nitrogens is 4. The maximum absolute atomic E-state index is 13.5. The number of rotatable bonds is 9. The molecule has 5 rings (SSSR count). The molecule has 2 aliphatic rings. The van der Waals surface area contributed by atoms with Gasteiger partial charge in [0.1, 0.15) is 11.5 Å². The Kier molecular flexibility index (Phi) is 9.23. The Labute approximate surface area is 262 Å². The van der Waals surface area contributed by atoms with E-state index < -0.39 is 28.5 Å². The van der Waals surface area contributed by atoms with Crippen LogP contribution in [0.2, 0.25) is 0 Å². The first kappa shape index (κ1) is 32.4. The van der Waals surface area contributed by atoms with Gasteiger partial charge in [-0.3, -0.25) is 19.0 Å². The smallest absolute Gasteiger partial charge is 0.341 e. The lowest BCUT2D eigenvalue weighted by Gasteiger charge is -2.34. The fourth-order valence-corrected chi connectivity index (χ4v) is 6.60. The molecule has 242 valence electrons. The first-order chi connectivity index (χ1) is 21.3. The second-order valence-electron chi connectivity index (χ2n) is 12.4. The number of anilines is 3. The third kappa shape index (κ3) is 6.99. The van der Waals surface area contributed by atoms with Crippen molar-refractivity contribution in [1.82, 2.24) is 23.8 Å². The van der Waals surface area contributed by atoms with Crippen LogP contribution in [0.1, 0.15) is 75.3 Å². The van der Waals surface area contributed by atoms with Gasteiger partial charge in [-0.05, 0) is 65.2 Å². The average molecular weight is 642 g/mol. The van der Waals surface area contributed by atoms with Crippen molar-refractivity contribution in [1.29, 1.82) is 0 Å². The first-order valence-electron chi connectivity index (χ1n) is 15.0. The van der Waals surface area contributed by atoms with Gasteiger partial charge in [0.05, 0.1) is 22.9 Å². The second-order valence-corrected chi connectivity index (χ2v) is 14.0. The molecule has 0 unspecified atom stereocenters. The maximum atomic E-state index is 13.5. The van der Waals surface area contributed by atoms with Crippen molar-refractivity contribution in [3.63, 3.8) is 0 Å². The van der Waals surface area contributed by atoms with Crippen molar-refractivity contribution < 1.29 is 26.9 Å². The molecule has 0 amide bonds. The van der Waals surface area contributed by atoms with Gasteiger partial charge in [0.25, 0.3) is 5.56 Å². The molecule has 0 atom stereocenters. The summed E-state index contributed by atoms with van der Waals surface area (Å²) in [6.45, 7) is 8.69. The number of esters is 1. The fourth-order valence-electron chi connectivity index (χ4n) is 5.67. The SMILES string of the molecule is CC(=O)c1c(C)c2cnc(Nc3ccc(N4CCN(S(=O)(=O)OCOC(=O)C(C)(C)C)CC4)cn3)nc2n(C2CCCC2)c1=O. The van der Waals surface area contributed by atoms with Gasteiger partial charge in [-0.1, -0.05) is 12.8 Å². The summed E-state index contributed by atoms with van der Waals surface area (Å²) < 4.78 is 37.8. The van der Waals surface area contributed by atoms with E-state index >= 15 is 0 Å². The van der Waals surface area contributed by atoms with Crippen LogP contribution in [0.5, 0.6) is 0 Å². The van der Waals surface area contributed by atoms with Gasteiger partial charge in [-0.2, -0.15) is 17.7 Å². The number of nitrogens with one attached hydrogen (secondary N) is 1. The van der Waals surface area contributed by atoms with Crippen LogP contribution in [-0.2, 0) is 24.0 Å². The zero-order valence-electron chi connectivity index (χ0n) is 26.2. The van der Waals surface area contributed by atoms with Crippen LogP contribution in [0.25, 0.3) is 11.0 Å². The van der Waals surface area contributed by atoms with Gasteiger partial charge in [-0.25, -0.2) is 14.2 Å². The van der Waals surface area contributed by atoms with E-state index in [2.05, 4.69) is 15.3 Å². The summed E-state index contributed by atoms with van der Waals surface area (Å²) in [5.74, 6) is -0.0593. The summed E-state index contributed by atoms with van der Waals surface area (Å²) >= 11 is 0. The van der Waals surface area contributed by atoms with Crippen molar-refractivity contribution in [2.45, 2.75) is 66.3 Å². The molecule has 1 saturated carbocycles. The van der Waals surface area contributed by atoms with E-state index in [0.29, 0.717) is 35.5 Å². The van der Waals surface area contributed by atoms with E-state index in [1.165, 1.54) is 11.2 Å². The van der Waals surface area contributed by atoms with Crippen molar-refractivity contribution >= 4 is 50.5 Å². The molecule has 1 aliphatic heterocycles. The van der Waals surface area contributed by atoms with E-state index in [-0.39, 0.29) is 42.0 Å². The number of carbonyl (C=O) groups excluding carboxylic acids is 2. The monoisotopic (exact) mass is 641 g/mol. The topological polar surface area (TPSA) is 166 Å². The molecular weight excluding hydrogens is 602 g/mol. The minimum atomic E-state index is -4.06. The highest BCUT2D eigenvalue weighted by Gasteiger charge is 2.30. The summed E-state index contributed by atoms with van der Waals surface area (Å²) in [7, 11) is -4.06. The Balaban J connectivity index is 1.25. The number of piperazine rings is 1. The number of hydrogen-bond donors (Lipinski definition) is 1. The third-order valence-electron chi connectivity index (χ3n) is 8.16. The quantitative estimate of drug-likeness (QED) is 0.206. The summed E-state index contributed by atoms with van der Waals surface area (Å²) in [5, 5.41) is 3.77. The van der Waals surface area contributed by atoms with E-state index in [1.807, 2.05) is 11.0 Å². The molecule has 0 spiro atoms. The van der Waals surface area contributed by atoms with Crippen LogP contribution in [0.3, 0.4) is 0 Å². The van der Waals surface area contributed by atoms with Crippen LogP contribution in [-0.4, -0.2) is 77.0 Å². The maximum Gasteiger partial charge on any atom is 0.341 e. The van der Waals surface area contributed by atoms with Crippen LogP contribution in [0, 0.1) is 12.3 Å². The highest BCUT2D eigenvalue weighted by molar-refractivity contribution is 7.84. The number of pyridine rings is 2. The van der Waals surface area contributed by atoms with Crippen LogP contribution in [0.4, 0.5) is 17.5 Å². The summed E-state index contributed by atoms with van der Waals surface area (Å²) in [6, 6.07) is 3.61. The molecule has 0 radical (unpaired) electrons. The number of carbonyl (C=O) groups is 2. The van der Waals surface area contributed by atoms with E-state index in [1.54, 1.807) is 50.7 Å².